The van der Waals surface area contributed by atoms with Crippen molar-refractivity contribution in [3.63, 3.8) is 0 Å². The quantitative estimate of drug-likeness (QED) is 0.837. The SMILES string of the molecule is O=C(O)c1ccc2c(c1)C(=O)N(c1ccccc1C(=O)O)C2=O. The summed E-state index contributed by atoms with van der Waals surface area (Å²) in [6.45, 7) is 0. The highest BCUT2D eigenvalue weighted by atomic mass is 16.4. The Hall–Kier alpha value is -3.48. The van der Waals surface area contributed by atoms with Crippen LogP contribution in [-0.2, 0) is 0 Å². The van der Waals surface area contributed by atoms with Gasteiger partial charge in [0.1, 0.15) is 0 Å². The number of benzene rings is 2. The molecule has 2 N–H and O–H groups in total. The Bertz CT molecular complexity index is 886. The molecule has 7 nitrogen and oxygen atoms in total. The van der Waals surface area contributed by atoms with Crippen LogP contribution in [0.1, 0.15) is 41.4 Å². The zero-order chi connectivity index (χ0) is 16.7. The molecule has 0 atom stereocenters. The van der Waals surface area contributed by atoms with Crippen LogP contribution in [0.5, 0.6) is 0 Å². The predicted octanol–water partition coefficient (Wildman–Crippen LogP) is 1.88. The number of aromatic carboxylic acids is 2. The number of anilines is 1. The highest BCUT2D eigenvalue weighted by Crippen LogP contribution is 2.31. The molecule has 0 unspecified atom stereocenters. The van der Waals surface area contributed by atoms with E-state index in [-0.39, 0.29) is 27.9 Å². The summed E-state index contributed by atoms with van der Waals surface area (Å²) in [7, 11) is 0. The number of rotatable bonds is 3. The highest BCUT2D eigenvalue weighted by molar-refractivity contribution is 6.35. The zero-order valence-electron chi connectivity index (χ0n) is 11.5. The van der Waals surface area contributed by atoms with Crippen molar-refractivity contribution in [1.29, 1.82) is 0 Å². The van der Waals surface area contributed by atoms with Crippen LogP contribution in [0.15, 0.2) is 42.5 Å². The maximum atomic E-state index is 12.5. The predicted molar refractivity (Wildman–Crippen MR) is 77.9 cm³/mol. The Balaban J connectivity index is 2.15. The number of carboxylic acid groups (broad SMARTS) is 2. The molecule has 0 aliphatic carbocycles. The average Bonchev–Trinajstić information content (AvgIpc) is 2.78. The molecule has 114 valence electrons. The van der Waals surface area contributed by atoms with Crippen molar-refractivity contribution in [3.8, 4) is 0 Å². The van der Waals surface area contributed by atoms with Gasteiger partial charge in [0.05, 0.1) is 27.9 Å². The minimum atomic E-state index is -1.27. The van der Waals surface area contributed by atoms with Gasteiger partial charge in [-0.25, -0.2) is 14.5 Å². The molecular weight excluding hydrogens is 302 g/mol. The summed E-state index contributed by atoms with van der Waals surface area (Å²) in [5, 5.41) is 18.2. The summed E-state index contributed by atoms with van der Waals surface area (Å²) in [6, 6.07) is 9.21. The van der Waals surface area contributed by atoms with Gasteiger partial charge < -0.3 is 10.2 Å². The Morgan fingerprint density at radius 1 is 0.826 bits per heavy atom. The van der Waals surface area contributed by atoms with Gasteiger partial charge in [0, 0.05) is 0 Å². The molecule has 3 rings (SSSR count). The first-order valence-corrected chi connectivity index (χ1v) is 6.50. The van der Waals surface area contributed by atoms with Gasteiger partial charge in [0.15, 0.2) is 0 Å². The fourth-order valence-electron chi connectivity index (χ4n) is 2.44. The number of carbonyl (C=O) groups excluding carboxylic acids is 2. The van der Waals surface area contributed by atoms with Crippen LogP contribution < -0.4 is 4.90 Å². The Morgan fingerprint density at radius 2 is 1.48 bits per heavy atom. The lowest BCUT2D eigenvalue weighted by Gasteiger charge is -2.16. The zero-order valence-corrected chi connectivity index (χ0v) is 11.5. The van der Waals surface area contributed by atoms with E-state index in [9.17, 15) is 24.3 Å². The molecule has 1 heterocycles. The Labute approximate surface area is 129 Å². The fraction of sp³-hybridized carbons (Fsp3) is 0. The van der Waals surface area contributed by atoms with Crippen LogP contribution in [0.25, 0.3) is 0 Å². The third-order valence-corrected chi connectivity index (χ3v) is 3.51. The van der Waals surface area contributed by atoms with Gasteiger partial charge in [0.2, 0.25) is 0 Å². The van der Waals surface area contributed by atoms with Gasteiger partial charge >= 0.3 is 11.9 Å². The Morgan fingerprint density at radius 3 is 2.13 bits per heavy atom. The highest BCUT2D eigenvalue weighted by Gasteiger charge is 2.38. The van der Waals surface area contributed by atoms with Crippen molar-refractivity contribution in [2.24, 2.45) is 0 Å². The van der Waals surface area contributed by atoms with E-state index in [4.69, 9.17) is 5.11 Å². The van der Waals surface area contributed by atoms with Gasteiger partial charge in [-0.05, 0) is 30.3 Å². The molecule has 2 aromatic carbocycles. The summed E-state index contributed by atoms with van der Waals surface area (Å²) in [5.74, 6) is -3.93. The van der Waals surface area contributed by atoms with E-state index in [2.05, 4.69) is 0 Å². The van der Waals surface area contributed by atoms with Crippen molar-refractivity contribution in [3.05, 3.63) is 64.7 Å². The molecule has 0 saturated carbocycles. The summed E-state index contributed by atoms with van der Waals surface area (Å²) in [6.07, 6.45) is 0. The standard InChI is InChI=1S/C16H9NO6/c18-13-9-6-5-8(15(20)21)7-11(9)14(19)17(13)12-4-2-1-3-10(12)16(22)23/h1-7H,(H,20,21)(H,22,23). The monoisotopic (exact) mass is 311 g/mol. The van der Waals surface area contributed by atoms with Crippen LogP contribution in [0, 0.1) is 0 Å². The van der Waals surface area contributed by atoms with Crippen LogP contribution in [0.3, 0.4) is 0 Å². The fourth-order valence-corrected chi connectivity index (χ4v) is 2.44. The van der Waals surface area contributed by atoms with E-state index in [1.54, 1.807) is 0 Å². The molecule has 23 heavy (non-hydrogen) atoms. The van der Waals surface area contributed by atoms with Gasteiger partial charge in [0.25, 0.3) is 11.8 Å². The van der Waals surface area contributed by atoms with E-state index in [1.807, 2.05) is 0 Å². The van der Waals surface area contributed by atoms with Crippen LogP contribution in [0.4, 0.5) is 5.69 Å². The first-order valence-electron chi connectivity index (χ1n) is 6.50. The van der Waals surface area contributed by atoms with Gasteiger partial charge in [-0.1, -0.05) is 12.1 Å². The van der Waals surface area contributed by atoms with Crippen molar-refractivity contribution in [2.45, 2.75) is 0 Å². The van der Waals surface area contributed by atoms with E-state index in [0.717, 1.165) is 11.0 Å². The second-order valence-electron chi connectivity index (χ2n) is 4.83. The van der Waals surface area contributed by atoms with E-state index in [0.29, 0.717) is 0 Å². The maximum Gasteiger partial charge on any atom is 0.337 e. The summed E-state index contributed by atoms with van der Waals surface area (Å²) >= 11 is 0. The summed E-state index contributed by atoms with van der Waals surface area (Å²) < 4.78 is 0. The van der Waals surface area contributed by atoms with Crippen LogP contribution >= 0.6 is 0 Å². The van der Waals surface area contributed by atoms with Crippen molar-refractivity contribution < 1.29 is 29.4 Å². The summed E-state index contributed by atoms with van der Waals surface area (Å²) in [4.78, 5) is 47.9. The Kier molecular flexibility index (Phi) is 3.18. The number of amides is 2. The normalized spacial score (nSPS) is 13.1. The molecule has 0 saturated heterocycles. The molecule has 0 radical (unpaired) electrons. The first kappa shape index (κ1) is 14.5. The maximum absolute atomic E-state index is 12.5. The molecule has 0 fully saturated rings. The molecular formula is C16H9NO6. The first-order chi connectivity index (χ1) is 10.9. The van der Waals surface area contributed by atoms with E-state index in [1.165, 1.54) is 36.4 Å². The number of imide groups is 1. The third-order valence-electron chi connectivity index (χ3n) is 3.51. The van der Waals surface area contributed by atoms with Gasteiger partial charge in [-0.3, -0.25) is 9.59 Å². The molecule has 1 aliphatic rings. The molecule has 0 spiro atoms. The van der Waals surface area contributed by atoms with E-state index < -0.39 is 23.8 Å². The number of hydrogen-bond donors (Lipinski definition) is 2. The van der Waals surface area contributed by atoms with E-state index >= 15 is 0 Å². The number of fused-ring (bicyclic) bond motifs is 1. The lowest BCUT2D eigenvalue weighted by Crippen LogP contribution is -2.30. The van der Waals surface area contributed by atoms with Crippen LogP contribution in [-0.4, -0.2) is 34.0 Å². The third kappa shape index (κ3) is 2.15. The number of nitrogens with zero attached hydrogens (tertiary/aromatic N) is 1. The lowest BCUT2D eigenvalue weighted by atomic mass is 10.1. The largest absolute Gasteiger partial charge is 0.478 e. The molecule has 0 bridgehead atoms. The number of carboxylic acids is 2. The van der Waals surface area contributed by atoms with Crippen molar-refractivity contribution in [1.82, 2.24) is 0 Å². The number of para-hydroxylation sites is 1. The second-order valence-corrected chi connectivity index (χ2v) is 4.83. The second kappa shape index (κ2) is 5.06. The van der Waals surface area contributed by atoms with Crippen molar-refractivity contribution in [2.75, 3.05) is 4.90 Å². The molecule has 7 heteroatoms. The molecule has 2 amide bonds. The molecule has 0 aromatic heterocycles. The minimum absolute atomic E-state index is 0.0418. The minimum Gasteiger partial charge on any atom is -0.478 e. The number of hydrogen-bond acceptors (Lipinski definition) is 4. The van der Waals surface area contributed by atoms with Gasteiger partial charge in [-0.15, -0.1) is 0 Å². The topological polar surface area (TPSA) is 112 Å². The average molecular weight is 311 g/mol. The smallest absolute Gasteiger partial charge is 0.337 e. The van der Waals surface area contributed by atoms with Crippen LogP contribution in [0.2, 0.25) is 0 Å². The lowest BCUT2D eigenvalue weighted by molar-refractivity contribution is 0.0686. The van der Waals surface area contributed by atoms with Gasteiger partial charge in [-0.2, -0.15) is 0 Å². The number of carbonyl (C=O) groups is 4. The molecule has 2 aromatic rings. The van der Waals surface area contributed by atoms with Crippen molar-refractivity contribution >= 4 is 29.4 Å². The molecule has 1 aliphatic heterocycles. The summed E-state index contributed by atoms with van der Waals surface area (Å²) in [5.41, 5.74) is -0.392.